The number of nitrogens with one attached hydrogen (secondary N) is 1. The van der Waals surface area contributed by atoms with Gasteiger partial charge in [-0.2, -0.15) is 5.10 Å². The summed E-state index contributed by atoms with van der Waals surface area (Å²) >= 11 is 0. The second-order valence-corrected chi connectivity index (χ2v) is 9.12. The quantitative estimate of drug-likeness (QED) is 0.603. The lowest BCUT2D eigenvalue weighted by molar-refractivity contribution is 0.252. The molecule has 0 aliphatic heterocycles. The SMILES string of the molecule is COc1cc(CNC2CC(C)(C)Cc3c2cnn3-c2ccc(C)cc2)cc(OC)c1O. The van der Waals surface area contributed by atoms with E-state index in [-0.39, 0.29) is 17.2 Å². The molecular formula is C25H31N3O3. The first-order valence-corrected chi connectivity index (χ1v) is 10.6. The summed E-state index contributed by atoms with van der Waals surface area (Å²) in [5.74, 6) is 0.843. The van der Waals surface area contributed by atoms with Crippen molar-refractivity contribution in [2.24, 2.45) is 5.41 Å². The van der Waals surface area contributed by atoms with Crippen LogP contribution in [0.5, 0.6) is 17.2 Å². The molecule has 4 rings (SSSR count). The van der Waals surface area contributed by atoms with Gasteiger partial charge in [0.25, 0.3) is 0 Å². The molecule has 1 heterocycles. The standard InChI is InChI=1S/C25H31N3O3/c1-16-6-8-18(9-7-16)28-21-13-25(2,3)12-20(19(21)15-27-28)26-14-17-10-22(30-4)24(29)23(11-17)31-5/h6-11,15,20,26,29H,12-14H2,1-5H3. The molecule has 0 spiro atoms. The monoisotopic (exact) mass is 421 g/mol. The zero-order valence-electron chi connectivity index (χ0n) is 18.9. The van der Waals surface area contributed by atoms with Crippen molar-refractivity contribution in [2.75, 3.05) is 14.2 Å². The molecule has 1 atom stereocenters. The second-order valence-electron chi connectivity index (χ2n) is 9.12. The third-order valence-electron chi connectivity index (χ3n) is 6.05. The zero-order valence-corrected chi connectivity index (χ0v) is 18.9. The number of aromatic hydroxyl groups is 1. The van der Waals surface area contributed by atoms with Crippen LogP contribution in [-0.4, -0.2) is 29.1 Å². The Morgan fingerprint density at radius 1 is 1.13 bits per heavy atom. The highest BCUT2D eigenvalue weighted by Gasteiger charge is 2.35. The molecule has 1 aliphatic rings. The maximum absolute atomic E-state index is 10.2. The first-order valence-electron chi connectivity index (χ1n) is 10.6. The molecule has 1 aromatic heterocycles. The molecule has 6 heteroatoms. The van der Waals surface area contributed by atoms with E-state index < -0.39 is 0 Å². The van der Waals surface area contributed by atoms with E-state index in [0.717, 1.165) is 24.1 Å². The van der Waals surface area contributed by atoms with E-state index in [1.165, 1.54) is 16.8 Å². The van der Waals surface area contributed by atoms with Crippen LogP contribution < -0.4 is 14.8 Å². The predicted molar refractivity (Wildman–Crippen MR) is 121 cm³/mol. The Morgan fingerprint density at radius 2 is 1.77 bits per heavy atom. The average Bonchev–Trinajstić information content (AvgIpc) is 3.15. The van der Waals surface area contributed by atoms with Gasteiger partial charge >= 0.3 is 0 Å². The molecule has 0 bridgehead atoms. The van der Waals surface area contributed by atoms with Gasteiger partial charge in [-0.05, 0) is 55.0 Å². The van der Waals surface area contributed by atoms with Crippen LogP contribution in [-0.2, 0) is 13.0 Å². The van der Waals surface area contributed by atoms with E-state index in [0.29, 0.717) is 18.0 Å². The smallest absolute Gasteiger partial charge is 0.200 e. The largest absolute Gasteiger partial charge is 0.502 e. The van der Waals surface area contributed by atoms with Gasteiger partial charge in [-0.3, -0.25) is 0 Å². The molecule has 0 saturated heterocycles. The Hall–Kier alpha value is -2.99. The maximum atomic E-state index is 10.2. The molecule has 0 saturated carbocycles. The number of rotatable bonds is 6. The Labute approximate surface area is 183 Å². The summed E-state index contributed by atoms with van der Waals surface area (Å²) in [5.41, 5.74) is 5.98. The van der Waals surface area contributed by atoms with E-state index >= 15 is 0 Å². The Bertz CT molecular complexity index is 1050. The molecule has 6 nitrogen and oxygen atoms in total. The number of hydrogen-bond donors (Lipinski definition) is 2. The van der Waals surface area contributed by atoms with E-state index in [9.17, 15) is 5.11 Å². The van der Waals surface area contributed by atoms with E-state index in [2.05, 4.69) is 55.0 Å². The van der Waals surface area contributed by atoms with Gasteiger partial charge in [-0.25, -0.2) is 4.68 Å². The lowest BCUT2D eigenvalue weighted by atomic mass is 9.74. The van der Waals surface area contributed by atoms with Gasteiger partial charge in [-0.15, -0.1) is 0 Å². The first-order chi connectivity index (χ1) is 14.8. The molecule has 164 valence electrons. The average molecular weight is 422 g/mol. The first kappa shape index (κ1) is 21.2. The van der Waals surface area contributed by atoms with Crippen molar-refractivity contribution < 1.29 is 14.6 Å². The molecule has 3 aromatic rings. The number of phenols is 1. The summed E-state index contributed by atoms with van der Waals surface area (Å²) in [5, 5.41) is 18.6. The van der Waals surface area contributed by atoms with Gasteiger partial charge in [0.05, 0.1) is 26.1 Å². The van der Waals surface area contributed by atoms with Crippen LogP contribution in [0.25, 0.3) is 5.69 Å². The van der Waals surface area contributed by atoms with Crippen molar-refractivity contribution >= 4 is 0 Å². The molecule has 2 N–H and O–H groups in total. The van der Waals surface area contributed by atoms with E-state index in [4.69, 9.17) is 14.6 Å². The summed E-state index contributed by atoms with van der Waals surface area (Å²) in [6.07, 6.45) is 4.00. The highest BCUT2D eigenvalue weighted by atomic mass is 16.5. The number of fused-ring (bicyclic) bond motifs is 1. The van der Waals surface area contributed by atoms with Crippen molar-refractivity contribution in [1.29, 1.82) is 0 Å². The molecule has 0 radical (unpaired) electrons. The van der Waals surface area contributed by atoms with Gasteiger partial charge in [0.2, 0.25) is 5.75 Å². The summed E-state index contributed by atoms with van der Waals surface area (Å²) in [4.78, 5) is 0. The number of nitrogens with zero attached hydrogens (tertiary/aromatic N) is 2. The molecule has 31 heavy (non-hydrogen) atoms. The highest BCUT2D eigenvalue weighted by Crippen LogP contribution is 2.42. The summed E-state index contributed by atoms with van der Waals surface area (Å²) in [6.45, 7) is 7.34. The van der Waals surface area contributed by atoms with Crippen molar-refractivity contribution in [3.63, 3.8) is 0 Å². The third kappa shape index (κ3) is 4.26. The summed E-state index contributed by atoms with van der Waals surface area (Å²) in [7, 11) is 3.09. The van der Waals surface area contributed by atoms with E-state index in [1.807, 2.05) is 18.3 Å². The Balaban J connectivity index is 1.62. The lowest BCUT2D eigenvalue weighted by Gasteiger charge is -2.36. The molecule has 2 aromatic carbocycles. The van der Waals surface area contributed by atoms with Gasteiger partial charge in [0, 0.05) is 23.8 Å². The van der Waals surface area contributed by atoms with Gasteiger partial charge in [0.15, 0.2) is 11.5 Å². The predicted octanol–water partition coefficient (Wildman–Crippen LogP) is 4.71. The number of benzene rings is 2. The zero-order chi connectivity index (χ0) is 22.2. The van der Waals surface area contributed by atoms with Crippen LogP contribution >= 0.6 is 0 Å². The van der Waals surface area contributed by atoms with E-state index in [1.54, 1.807) is 14.2 Å². The number of hydrogen-bond acceptors (Lipinski definition) is 5. The fraction of sp³-hybridized carbons (Fsp3) is 0.400. The van der Waals surface area contributed by atoms with Crippen molar-refractivity contribution in [3.8, 4) is 22.9 Å². The third-order valence-corrected chi connectivity index (χ3v) is 6.05. The Morgan fingerprint density at radius 3 is 2.39 bits per heavy atom. The van der Waals surface area contributed by atoms with Crippen molar-refractivity contribution in [1.82, 2.24) is 15.1 Å². The van der Waals surface area contributed by atoms with Crippen LogP contribution in [0.15, 0.2) is 42.6 Å². The van der Waals surface area contributed by atoms with Gasteiger partial charge < -0.3 is 19.9 Å². The minimum atomic E-state index is 0.0224. The van der Waals surface area contributed by atoms with Crippen LogP contribution in [0.1, 0.15) is 48.7 Å². The molecule has 1 aliphatic carbocycles. The van der Waals surface area contributed by atoms with Crippen LogP contribution in [0.2, 0.25) is 0 Å². The minimum absolute atomic E-state index is 0.0224. The van der Waals surface area contributed by atoms with Crippen LogP contribution in [0.3, 0.4) is 0 Å². The number of phenolic OH excluding ortho intramolecular Hbond substituents is 1. The van der Waals surface area contributed by atoms with Crippen molar-refractivity contribution in [2.45, 2.75) is 46.2 Å². The number of aryl methyl sites for hydroxylation is 1. The molecule has 0 fully saturated rings. The fourth-order valence-corrected chi connectivity index (χ4v) is 4.42. The van der Waals surface area contributed by atoms with Gasteiger partial charge in [-0.1, -0.05) is 31.5 Å². The second kappa shape index (κ2) is 8.27. The lowest BCUT2D eigenvalue weighted by Crippen LogP contribution is -2.33. The van der Waals surface area contributed by atoms with Crippen LogP contribution in [0.4, 0.5) is 0 Å². The normalized spacial score (nSPS) is 17.3. The number of methoxy groups -OCH3 is 2. The maximum Gasteiger partial charge on any atom is 0.200 e. The van der Waals surface area contributed by atoms with Crippen molar-refractivity contribution in [3.05, 3.63) is 65.0 Å². The molecule has 0 amide bonds. The molecular weight excluding hydrogens is 390 g/mol. The van der Waals surface area contributed by atoms with Crippen LogP contribution in [0, 0.1) is 12.3 Å². The summed E-state index contributed by atoms with van der Waals surface area (Å²) < 4.78 is 12.7. The number of ether oxygens (including phenoxy) is 2. The highest BCUT2D eigenvalue weighted by molar-refractivity contribution is 5.52. The summed E-state index contributed by atoms with van der Waals surface area (Å²) in [6, 6.07) is 12.4. The Kier molecular flexibility index (Phi) is 5.67. The molecule has 1 unspecified atom stereocenters. The van der Waals surface area contributed by atoms with Gasteiger partial charge in [0.1, 0.15) is 0 Å². The fourth-order valence-electron chi connectivity index (χ4n) is 4.42. The number of aromatic nitrogens is 2. The minimum Gasteiger partial charge on any atom is -0.502 e. The topological polar surface area (TPSA) is 68.5 Å².